The number of rotatable bonds is 4. The third-order valence-corrected chi connectivity index (χ3v) is 5.70. The number of carbonyl (C=O) groups is 2. The average Bonchev–Trinajstić information content (AvgIpc) is 3.01. The minimum atomic E-state index is -0.797. The van der Waals surface area contributed by atoms with Gasteiger partial charge < -0.3 is 15.2 Å². The predicted octanol–water partition coefficient (Wildman–Crippen LogP) is 1.81. The van der Waals surface area contributed by atoms with Gasteiger partial charge in [0.05, 0.1) is 24.0 Å². The quantitative estimate of drug-likeness (QED) is 0.829. The number of carboxylic acid groups (broad SMARTS) is 1. The lowest BCUT2D eigenvalue weighted by Crippen LogP contribution is -2.53. The Morgan fingerprint density at radius 1 is 1.10 bits per heavy atom. The van der Waals surface area contributed by atoms with Crippen LogP contribution in [0.25, 0.3) is 0 Å². The Morgan fingerprint density at radius 2 is 1.71 bits per heavy atom. The number of ether oxygens (including phenoxy) is 1. The van der Waals surface area contributed by atoms with Crippen LogP contribution in [-0.4, -0.2) is 35.7 Å². The van der Waals surface area contributed by atoms with Crippen LogP contribution in [0.4, 0.5) is 0 Å². The van der Waals surface area contributed by atoms with Crippen LogP contribution in [0.1, 0.15) is 45.4 Å². The summed E-state index contributed by atoms with van der Waals surface area (Å²) in [6.45, 7) is 2.72. The van der Waals surface area contributed by atoms with Crippen LogP contribution in [0.15, 0.2) is 0 Å². The molecule has 5 heteroatoms. The summed E-state index contributed by atoms with van der Waals surface area (Å²) in [6, 6.07) is -0.0325. The number of fused-ring (bicyclic) bond motifs is 3. The van der Waals surface area contributed by atoms with Crippen molar-refractivity contribution in [3.63, 3.8) is 0 Å². The standard InChI is InChI=1S/C16H25NO4/c1-9(12-3-2-8-21-12)17-15(18)13-10-4-6-11(7-5-10)14(13)16(19)20/h9-14H,2-8H2,1H3,(H,17,18)(H,19,20)/t9-,10?,11?,12+,13-,14+/m1/s1. The summed E-state index contributed by atoms with van der Waals surface area (Å²) in [5, 5.41) is 12.6. The highest BCUT2D eigenvalue weighted by Crippen LogP contribution is 2.49. The van der Waals surface area contributed by atoms with Crippen molar-refractivity contribution < 1.29 is 19.4 Å². The number of carboxylic acids is 1. The summed E-state index contributed by atoms with van der Waals surface area (Å²) in [6.07, 6.45) is 6.02. The van der Waals surface area contributed by atoms with Crippen molar-refractivity contribution in [2.24, 2.45) is 23.7 Å². The molecule has 1 heterocycles. The predicted molar refractivity (Wildman–Crippen MR) is 76.6 cm³/mol. The molecule has 3 aliphatic carbocycles. The third-order valence-electron chi connectivity index (χ3n) is 5.70. The van der Waals surface area contributed by atoms with Gasteiger partial charge >= 0.3 is 5.97 Å². The summed E-state index contributed by atoms with van der Waals surface area (Å²) >= 11 is 0. The molecule has 0 spiro atoms. The van der Waals surface area contributed by atoms with Crippen molar-refractivity contribution in [2.75, 3.05) is 6.61 Å². The Balaban J connectivity index is 1.68. The number of hydrogen-bond acceptors (Lipinski definition) is 3. The second-order valence-electron chi connectivity index (χ2n) is 6.91. The maximum Gasteiger partial charge on any atom is 0.307 e. The van der Waals surface area contributed by atoms with Crippen molar-refractivity contribution in [3.05, 3.63) is 0 Å². The number of aliphatic carboxylic acids is 1. The minimum absolute atomic E-state index is 0.0325. The van der Waals surface area contributed by atoms with E-state index in [9.17, 15) is 14.7 Å². The number of amides is 1. The third kappa shape index (κ3) is 2.80. The molecule has 4 fully saturated rings. The highest BCUT2D eigenvalue weighted by Gasteiger charge is 2.50. The molecular weight excluding hydrogens is 270 g/mol. The zero-order valence-electron chi connectivity index (χ0n) is 12.6. The Bertz CT molecular complexity index is 411. The van der Waals surface area contributed by atoms with Crippen LogP contribution >= 0.6 is 0 Å². The Morgan fingerprint density at radius 3 is 2.24 bits per heavy atom. The van der Waals surface area contributed by atoms with Gasteiger partial charge in [-0.25, -0.2) is 0 Å². The molecule has 118 valence electrons. The van der Waals surface area contributed by atoms with Gasteiger partial charge in [0.25, 0.3) is 0 Å². The fourth-order valence-electron chi connectivity index (χ4n) is 4.59. The smallest absolute Gasteiger partial charge is 0.307 e. The molecular formula is C16H25NO4. The monoisotopic (exact) mass is 295 g/mol. The van der Waals surface area contributed by atoms with E-state index in [4.69, 9.17) is 4.74 Å². The topological polar surface area (TPSA) is 75.6 Å². The summed E-state index contributed by atoms with van der Waals surface area (Å²) in [5.41, 5.74) is 0. The molecule has 1 saturated heterocycles. The summed E-state index contributed by atoms with van der Waals surface area (Å²) in [4.78, 5) is 24.2. The van der Waals surface area contributed by atoms with Gasteiger partial charge in [0.15, 0.2) is 0 Å². The largest absolute Gasteiger partial charge is 0.481 e. The molecule has 3 saturated carbocycles. The van der Waals surface area contributed by atoms with Crippen LogP contribution in [0.2, 0.25) is 0 Å². The van der Waals surface area contributed by atoms with Gasteiger partial charge in [-0.1, -0.05) is 0 Å². The van der Waals surface area contributed by atoms with E-state index >= 15 is 0 Å². The fourth-order valence-corrected chi connectivity index (χ4v) is 4.59. The van der Waals surface area contributed by atoms with Gasteiger partial charge in [0.2, 0.25) is 5.91 Å². The Labute approximate surface area is 125 Å². The Kier molecular flexibility index (Phi) is 4.20. The second-order valence-corrected chi connectivity index (χ2v) is 6.91. The Hall–Kier alpha value is -1.10. The molecule has 4 atom stereocenters. The zero-order chi connectivity index (χ0) is 15.0. The molecule has 0 aromatic heterocycles. The molecule has 2 N–H and O–H groups in total. The lowest BCUT2D eigenvalue weighted by atomic mass is 9.58. The first kappa shape index (κ1) is 14.8. The summed E-state index contributed by atoms with van der Waals surface area (Å²) < 4.78 is 5.61. The number of hydrogen-bond donors (Lipinski definition) is 2. The van der Waals surface area contributed by atoms with Gasteiger partial charge in [-0.15, -0.1) is 0 Å². The average molecular weight is 295 g/mol. The molecule has 4 aliphatic rings. The molecule has 0 aromatic rings. The maximum atomic E-state index is 12.6. The van der Waals surface area contributed by atoms with Crippen LogP contribution in [0.3, 0.4) is 0 Å². The second kappa shape index (κ2) is 5.95. The first-order chi connectivity index (χ1) is 10.1. The van der Waals surface area contributed by atoms with E-state index in [1.54, 1.807) is 0 Å². The van der Waals surface area contributed by atoms with Crippen LogP contribution < -0.4 is 5.32 Å². The van der Waals surface area contributed by atoms with Crippen molar-refractivity contribution in [2.45, 2.75) is 57.6 Å². The van der Waals surface area contributed by atoms with Gasteiger partial charge in [-0.05, 0) is 57.3 Å². The lowest BCUT2D eigenvalue weighted by Gasteiger charge is -2.46. The van der Waals surface area contributed by atoms with Crippen LogP contribution in [0, 0.1) is 23.7 Å². The highest BCUT2D eigenvalue weighted by molar-refractivity contribution is 5.85. The van der Waals surface area contributed by atoms with Gasteiger partial charge in [0.1, 0.15) is 0 Å². The van der Waals surface area contributed by atoms with Crippen molar-refractivity contribution in [1.82, 2.24) is 5.32 Å². The van der Waals surface area contributed by atoms with E-state index in [2.05, 4.69) is 5.32 Å². The molecule has 0 unspecified atom stereocenters. The molecule has 1 amide bonds. The summed E-state index contributed by atoms with van der Waals surface area (Å²) in [5.74, 6) is -1.28. The van der Waals surface area contributed by atoms with Gasteiger partial charge in [-0.2, -0.15) is 0 Å². The maximum absolute atomic E-state index is 12.6. The van der Waals surface area contributed by atoms with Crippen LogP contribution in [0.5, 0.6) is 0 Å². The number of carbonyl (C=O) groups excluding carboxylic acids is 1. The molecule has 2 bridgehead atoms. The highest BCUT2D eigenvalue weighted by atomic mass is 16.5. The number of nitrogens with one attached hydrogen (secondary N) is 1. The zero-order valence-corrected chi connectivity index (χ0v) is 12.6. The van der Waals surface area contributed by atoms with E-state index in [-0.39, 0.29) is 35.8 Å². The first-order valence-corrected chi connectivity index (χ1v) is 8.22. The molecule has 1 aliphatic heterocycles. The first-order valence-electron chi connectivity index (χ1n) is 8.22. The van der Waals surface area contributed by atoms with Gasteiger partial charge in [0, 0.05) is 6.61 Å². The molecule has 4 rings (SSSR count). The molecule has 0 radical (unpaired) electrons. The SMILES string of the molecule is C[C@@H](NC(=O)[C@@H]1C2CCC(CC2)[C@@H]1C(=O)O)[C@@H]1CCCO1. The van der Waals surface area contributed by atoms with E-state index in [0.717, 1.165) is 45.1 Å². The normalized spacial score (nSPS) is 40.0. The van der Waals surface area contributed by atoms with E-state index < -0.39 is 11.9 Å². The van der Waals surface area contributed by atoms with E-state index in [0.29, 0.717) is 0 Å². The van der Waals surface area contributed by atoms with Crippen molar-refractivity contribution >= 4 is 11.9 Å². The van der Waals surface area contributed by atoms with Crippen molar-refractivity contribution in [1.29, 1.82) is 0 Å². The fraction of sp³-hybridized carbons (Fsp3) is 0.875. The molecule has 0 aromatic carbocycles. The van der Waals surface area contributed by atoms with Gasteiger partial charge in [-0.3, -0.25) is 9.59 Å². The summed E-state index contributed by atoms with van der Waals surface area (Å²) in [7, 11) is 0. The molecule has 5 nitrogen and oxygen atoms in total. The molecule has 21 heavy (non-hydrogen) atoms. The lowest BCUT2D eigenvalue weighted by molar-refractivity contribution is -0.158. The van der Waals surface area contributed by atoms with E-state index in [1.165, 1.54) is 0 Å². The van der Waals surface area contributed by atoms with Crippen LogP contribution in [-0.2, 0) is 14.3 Å². The minimum Gasteiger partial charge on any atom is -0.481 e. The van der Waals surface area contributed by atoms with E-state index in [1.807, 2.05) is 6.92 Å². The van der Waals surface area contributed by atoms with Crippen molar-refractivity contribution in [3.8, 4) is 0 Å².